The van der Waals surface area contributed by atoms with Crippen molar-refractivity contribution in [2.24, 2.45) is 0 Å². The number of ether oxygens (including phenoxy) is 2. The van der Waals surface area contributed by atoms with Crippen LogP contribution in [0.4, 0.5) is 0 Å². The van der Waals surface area contributed by atoms with Crippen molar-refractivity contribution in [1.82, 2.24) is 4.90 Å². The Kier molecular flexibility index (Phi) is 4.58. The summed E-state index contributed by atoms with van der Waals surface area (Å²) in [7, 11) is 1.67. The first kappa shape index (κ1) is 13.3. The van der Waals surface area contributed by atoms with Crippen LogP contribution in [-0.4, -0.2) is 49.0 Å². The van der Waals surface area contributed by atoms with E-state index in [-0.39, 0.29) is 12.7 Å². The molecule has 1 aromatic carbocycles. The van der Waals surface area contributed by atoms with E-state index in [0.29, 0.717) is 12.6 Å². The third kappa shape index (κ3) is 3.22. The van der Waals surface area contributed by atoms with Gasteiger partial charge in [-0.1, -0.05) is 12.1 Å². The van der Waals surface area contributed by atoms with Crippen molar-refractivity contribution in [2.75, 3.05) is 26.9 Å². The third-order valence-corrected chi connectivity index (χ3v) is 3.38. The maximum Gasteiger partial charge on any atom is 0.118 e. The number of morpholine rings is 1. The predicted molar refractivity (Wildman–Crippen MR) is 69.7 cm³/mol. The van der Waals surface area contributed by atoms with E-state index in [0.717, 1.165) is 18.8 Å². The molecule has 4 nitrogen and oxygen atoms in total. The highest BCUT2D eigenvalue weighted by molar-refractivity contribution is 5.27. The molecule has 0 spiro atoms. The van der Waals surface area contributed by atoms with Crippen molar-refractivity contribution in [2.45, 2.75) is 25.6 Å². The molecular formula is C14H21NO3. The number of nitrogens with zero attached hydrogens (tertiary/aromatic N) is 1. The molecule has 1 aromatic rings. The van der Waals surface area contributed by atoms with Crippen molar-refractivity contribution < 1.29 is 14.6 Å². The highest BCUT2D eigenvalue weighted by atomic mass is 16.5. The predicted octanol–water partition coefficient (Wildman–Crippen LogP) is 1.28. The number of benzene rings is 1. The lowest BCUT2D eigenvalue weighted by Gasteiger charge is -2.37. The maximum absolute atomic E-state index is 9.16. The Labute approximate surface area is 108 Å². The Morgan fingerprint density at radius 3 is 2.72 bits per heavy atom. The molecule has 0 radical (unpaired) electrons. The lowest BCUT2D eigenvalue weighted by Crippen LogP contribution is -2.48. The first-order valence-corrected chi connectivity index (χ1v) is 6.32. The summed E-state index contributed by atoms with van der Waals surface area (Å²) in [6.07, 6.45) is -0.0561. The fourth-order valence-electron chi connectivity index (χ4n) is 2.17. The molecule has 2 atom stereocenters. The Balaban J connectivity index is 1.97. The van der Waals surface area contributed by atoms with Gasteiger partial charge in [0.05, 0.1) is 26.4 Å². The largest absolute Gasteiger partial charge is 0.497 e. The second kappa shape index (κ2) is 6.18. The monoisotopic (exact) mass is 251 g/mol. The number of rotatable bonds is 4. The Morgan fingerprint density at radius 1 is 1.39 bits per heavy atom. The van der Waals surface area contributed by atoms with Gasteiger partial charge in [0.1, 0.15) is 5.75 Å². The van der Waals surface area contributed by atoms with Gasteiger partial charge in [0.2, 0.25) is 0 Å². The fraction of sp³-hybridized carbons (Fsp3) is 0.571. The van der Waals surface area contributed by atoms with E-state index in [9.17, 15) is 0 Å². The van der Waals surface area contributed by atoms with E-state index in [2.05, 4.69) is 24.0 Å². The summed E-state index contributed by atoms with van der Waals surface area (Å²) in [6, 6.07) is 8.49. The van der Waals surface area contributed by atoms with Gasteiger partial charge in [-0.15, -0.1) is 0 Å². The fourth-order valence-corrected chi connectivity index (χ4v) is 2.17. The second-order valence-electron chi connectivity index (χ2n) is 4.76. The average molecular weight is 251 g/mol. The van der Waals surface area contributed by atoms with Gasteiger partial charge in [-0.3, -0.25) is 4.90 Å². The van der Waals surface area contributed by atoms with Gasteiger partial charge in [-0.25, -0.2) is 0 Å². The highest BCUT2D eigenvalue weighted by Crippen LogP contribution is 2.17. The van der Waals surface area contributed by atoms with Gasteiger partial charge in [0.25, 0.3) is 0 Å². The van der Waals surface area contributed by atoms with E-state index in [1.54, 1.807) is 7.11 Å². The van der Waals surface area contributed by atoms with Crippen LogP contribution in [0.5, 0.6) is 5.75 Å². The Morgan fingerprint density at radius 2 is 2.11 bits per heavy atom. The standard InChI is InChI=1S/C14H21NO3/c1-11-10-18-14(9-16)8-15(11)7-12-3-5-13(17-2)6-4-12/h3-6,11,14,16H,7-10H2,1-2H3/t11-,14+/m0/s1. The molecule has 0 aliphatic carbocycles. The SMILES string of the molecule is COc1ccc(CN2C[C@H](CO)OC[C@@H]2C)cc1. The topological polar surface area (TPSA) is 41.9 Å². The van der Waals surface area contributed by atoms with E-state index in [4.69, 9.17) is 14.6 Å². The molecule has 1 N–H and O–H groups in total. The smallest absolute Gasteiger partial charge is 0.118 e. The minimum absolute atomic E-state index is 0.0561. The number of hydrogen-bond acceptors (Lipinski definition) is 4. The summed E-state index contributed by atoms with van der Waals surface area (Å²) in [4.78, 5) is 2.34. The van der Waals surface area contributed by atoms with Gasteiger partial charge in [-0.05, 0) is 24.6 Å². The molecule has 1 saturated heterocycles. The maximum atomic E-state index is 9.16. The first-order chi connectivity index (χ1) is 8.72. The van der Waals surface area contributed by atoms with Gasteiger partial charge < -0.3 is 14.6 Å². The summed E-state index contributed by atoms with van der Waals surface area (Å²) in [5, 5.41) is 9.16. The molecule has 0 amide bonds. The van der Waals surface area contributed by atoms with E-state index in [1.165, 1.54) is 5.56 Å². The van der Waals surface area contributed by atoms with Crippen LogP contribution in [0.25, 0.3) is 0 Å². The van der Waals surface area contributed by atoms with Gasteiger partial charge in [0, 0.05) is 19.1 Å². The van der Waals surface area contributed by atoms with E-state index < -0.39 is 0 Å². The molecular weight excluding hydrogens is 230 g/mol. The zero-order valence-electron chi connectivity index (χ0n) is 11.0. The zero-order valence-corrected chi connectivity index (χ0v) is 11.0. The molecule has 2 rings (SSSR count). The second-order valence-corrected chi connectivity index (χ2v) is 4.76. The van der Waals surface area contributed by atoms with Crippen molar-refractivity contribution in [3.63, 3.8) is 0 Å². The molecule has 1 aliphatic heterocycles. The van der Waals surface area contributed by atoms with Crippen LogP contribution in [0.15, 0.2) is 24.3 Å². The van der Waals surface area contributed by atoms with Crippen LogP contribution < -0.4 is 4.74 Å². The quantitative estimate of drug-likeness (QED) is 0.875. The number of aliphatic hydroxyl groups excluding tert-OH is 1. The van der Waals surface area contributed by atoms with E-state index in [1.807, 2.05) is 12.1 Å². The zero-order chi connectivity index (χ0) is 13.0. The molecule has 1 fully saturated rings. The summed E-state index contributed by atoms with van der Waals surface area (Å²) in [5.74, 6) is 0.877. The van der Waals surface area contributed by atoms with Gasteiger partial charge in [0.15, 0.2) is 0 Å². The average Bonchev–Trinajstić information content (AvgIpc) is 2.42. The lowest BCUT2D eigenvalue weighted by atomic mass is 10.1. The lowest BCUT2D eigenvalue weighted by molar-refractivity contribution is -0.0805. The van der Waals surface area contributed by atoms with Crippen LogP contribution in [0, 0.1) is 0 Å². The van der Waals surface area contributed by atoms with Crippen molar-refractivity contribution in [3.8, 4) is 5.75 Å². The summed E-state index contributed by atoms with van der Waals surface area (Å²) in [5.41, 5.74) is 1.25. The third-order valence-electron chi connectivity index (χ3n) is 3.38. The van der Waals surface area contributed by atoms with Crippen LogP contribution in [0.1, 0.15) is 12.5 Å². The van der Waals surface area contributed by atoms with Crippen LogP contribution in [0.2, 0.25) is 0 Å². The van der Waals surface area contributed by atoms with Gasteiger partial charge >= 0.3 is 0 Å². The summed E-state index contributed by atoms with van der Waals surface area (Å²) in [6.45, 7) is 4.58. The molecule has 0 aromatic heterocycles. The molecule has 0 bridgehead atoms. The highest BCUT2D eigenvalue weighted by Gasteiger charge is 2.25. The number of hydrogen-bond donors (Lipinski definition) is 1. The molecule has 1 aliphatic rings. The number of methoxy groups -OCH3 is 1. The molecule has 18 heavy (non-hydrogen) atoms. The summed E-state index contributed by atoms with van der Waals surface area (Å²) >= 11 is 0. The van der Waals surface area contributed by atoms with Crippen LogP contribution in [-0.2, 0) is 11.3 Å². The summed E-state index contributed by atoms with van der Waals surface area (Å²) < 4.78 is 10.7. The first-order valence-electron chi connectivity index (χ1n) is 6.32. The number of aliphatic hydroxyl groups is 1. The van der Waals surface area contributed by atoms with Crippen molar-refractivity contribution >= 4 is 0 Å². The molecule has 0 unspecified atom stereocenters. The Hall–Kier alpha value is -1.10. The molecule has 100 valence electrons. The minimum atomic E-state index is -0.0561. The van der Waals surface area contributed by atoms with Crippen LogP contribution >= 0.6 is 0 Å². The Bertz CT molecular complexity index is 366. The molecule has 0 saturated carbocycles. The van der Waals surface area contributed by atoms with E-state index >= 15 is 0 Å². The minimum Gasteiger partial charge on any atom is -0.497 e. The van der Waals surface area contributed by atoms with Crippen molar-refractivity contribution in [1.29, 1.82) is 0 Å². The molecule has 1 heterocycles. The molecule has 4 heteroatoms. The van der Waals surface area contributed by atoms with Gasteiger partial charge in [-0.2, -0.15) is 0 Å². The van der Waals surface area contributed by atoms with Crippen molar-refractivity contribution in [3.05, 3.63) is 29.8 Å². The normalized spacial score (nSPS) is 25.1. The van der Waals surface area contributed by atoms with Crippen LogP contribution in [0.3, 0.4) is 0 Å².